The predicted molar refractivity (Wildman–Crippen MR) is 281 cm³/mol. The molecule has 0 spiro atoms. The zero-order chi connectivity index (χ0) is 62.3. The Hall–Kier alpha value is -9.94. The van der Waals surface area contributed by atoms with E-state index in [0.29, 0.717) is 0 Å². The molecule has 82 heavy (non-hydrogen) atoms. The number of carboxylic acids is 3. The molecule has 0 aromatic carbocycles. The highest BCUT2D eigenvalue weighted by molar-refractivity contribution is 5.97. The molecule has 38 heteroatoms. The number of hydrogen-bond acceptors (Lipinski definition) is 18. The third-order valence-electron chi connectivity index (χ3n) is 10.3. The minimum absolute atomic E-state index is 0.0252. The van der Waals surface area contributed by atoms with E-state index >= 15 is 0 Å². The van der Waals surface area contributed by atoms with Crippen LogP contribution in [0.1, 0.15) is 71.6 Å². The van der Waals surface area contributed by atoms with Crippen molar-refractivity contribution in [2.45, 2.75) is 102 Å². The van der Waals surface area contributed by atoms with Crippen LogP contribution in [-0.2, 0) is 76.7 Å². The number of amides is 13. The van der Waals surface area contributed by atoms with Crippen LogP contribution in [-0.4, -0.2) is 218 Å². The smallest absolute Gasteiger partial charge is 0.322 e. The first kappa shape index (κ1) is 72.1. The molecule has 13 amide bonds. The van der Waals surface area contributed by atoms with Crippen molar-refractivity contribution in [3.63, 3.8) is 0 Å². The summed E-state index contributed by atoms with van der Waals surface area (Å²) >= 11 is 0. The molecule has 0 heterocycles. The van der Waals surface area contributed by atoms with Gasteiger partial charge in [-0.2, -0.15) is 0 Å². The van der Waals surface area contributed by atoms with E-state index in [2.05, 4.69) is 79.1 Å². The van der Waals surface area contributed by atoms with Gasteiger partial charge in [0.05, 0.1) is 52.1 Å². The highest BCUT2D eigenvalue weighted by Gasteiger charge is 2.29. The number of nitrogens with zero attached hydrogens (tertiary/aromatic N) is 2. The van der Waals surface area contributed by atoms with Crippen LogP contribution in [0.15, 0.2) is 9.98 Å². The van der Waals surface area contributed by atoms with Gasteiger partial charge in [-0.05, 0) is 44.9 Å². The highest BCUT2D eigenvalue weighted by atomic mass is 16.4. The fourth-order valence-electron chi connectivity index (χ4n) is 6.43. The van der Waals surface area contributed by atoms with Crippen LogP contribution in [0.2, 0.25) is 0 Å². The average molecular weight is 1170 g/mol. The number of carbonyl (C=O) groups is 16. The maximum atomic E-state index is 13.0. The average Bonchev–Trinajstić information content (AvgIpc) is 3.39. The SMILES string of the molecule is CC(=O)NCC(=O)N[C@@H](CCCN=C(N)N)C(=O)NCC(=O)N[C@@H](CC(=O)O)C(=O)NCC(=O)NCCCC[C@H](NC(=O)CNC(=O)[C@H](CC(=O)O)NC(=O)CNC(=O)[C@H](CCCN=C(N)N)NC(=O)CNC(C)=O)C(=O)NCC(=O)O. The zero-order valence-corrected chi connectivity index (χ0v) is 44.9. The molecular formula is C44H73N19O19. The Morgan fingerprint density at radius 1 is 0.341 bits per heavy atom. The van der Waals surface area contributed by atoms with E-state index in [0.717, 1.165) is 13.8 Å². The van der Waals surface area contributed by atoms with Crippen molar-refractivity contribution >= 4 is 107 Å². The minimum Gasteiger partial charge on any atom is -0.481 e. The number of unbranched alkanes of at least 4 members (excludes halogenated alkanes) is 1. The molecule has 0 fully saturated rings. The van der Waals surface area contributed by atoms with Crippen LogP contribution in [0.25, 0.3) is 0 Å². The largest absolute Gasteiger partial charge is 0.481 e. The van der Waals surface area contributed by atoms with Gasteiger partial charge in [0.2, 0.25) is 76.8 Å². The second-order valence-corrected chi connectivity index (χ2v) is 17.3. The molecule has 38 nitrogen and oxygen atoms in total. The van der Waals surface area contributed by atoms with Crippen LogP contribution in [0.4, 0.5) is 0 Å². The van der Waals surface area contributed by atoms with Crippen LogP contribution >= 0.6 is 0 Å². The van der Waals surface area contributed by atoms with E-state index in [4.69, 9.17) is 28.0 Å². The Kier molecular flexibility index (Phi) is 35.4. The topological polar surface area (TPSA) is 619 Å². The van der Waals surface area contributed by atoms with Crippen LogP contribution in [0, 0.1) is 0 Å². The molecule has 0 rings (SSSR count). The Labute approximate surface area is 467 Å². The first-order valence-electron chi connectivity index (χ1n) is 24.9. The number of carbonyl (C=O) groups excluding carboxylic acids is 13. The second-order valence-electron chi connectivity index (χ2n) is 17.3. The Bertz CT molecular complexity index is 2360. The van der Waals surface area contributed by atoms with Crippen molar-refractivity contribution in [2.75, 3.05) is 65.4 Å². The molecule has 0 aliphatic carbocycles. The van der Waals surface area contributed by atoms with Gasteiger partial charge in [-0.15, -0.1) is 0 Å². The number of rotatable bonds is 41. The van der Waals surface area contributed by atoms with E-state index < -0.39 is 184 Å². The van der Waals surface area contributed by atoms with Crippen molar-refractivity contribution in [3.05, 3.63) is 0 Å². The fourth-order valence-corrected chi connectivity index (χ4v) is 6.43. The molecule has 0 saturated carbocycles. The van der Waals surface area contributed by atoms with Crippen molar-refractivity contribution in [2.24, 2.45) is 32.9 Å². The quantitative estimate of drug-likeness (QED) is 0.0154. The molecule has 0 aliphatic rings. The Balaban J connectivity index is 5.46. The standard InChI is InChI=1S/C44H73N19O19/c1-22(64)52-16-30(67)60-25(8-5-11-50-43(45)46)38(78)55-19-33(70)62-27(13-35(72)73)41(81)54-15-29(66)49-10-4-3-7-24(40(80)58-21-37(76)77)59-32(69)18-57-42(82)28(14-36(74)75)63-34(71)20-56-39(79)26(9-6-12-51-44(47)48)61-31(68)17-53-23(2)65/h24-28H,3-21H2,1-2H3,(H,49,66)(H,52,64)(H,53,65)(H,54,81)(H,55,78)(H,56,79)(H,57,82)(H,58,80)(H,59,69)(H,60,67)(H,61,68)(H,62,70)(H,63,71)(H,72,73)(H,74,75)(H,76,77)(H4,45,46,50)(H4,47,48,51)/t24-,25-,26-,27-,28-/m0/s1. The minimum atomic E-state index is -1.83. The summed E-state index contributed by atoms with van der Waals surface area (Å²) in [6, 6.07) is -7.53. The van der Waals surface area contributed by atoms with Gasteiger partial charge < -0.3 is 107 Å². The van der Waals surface area contributed by atoms with Gasteiger partial charge in [0.25, 0.3) is 0 Å². The Morgan fingerprint density at radius 2 is 0.622 bits per heavy atom. The second kappa shape index (κ2) is 40.3. The number of carboxylic acid groups (broad SMARTS) is 3. The number of aliphatic carboxylic acids is 3. The lowest BCUT2D eigenvalue weighted by Crippen LogP contribution is -2.54. The summed E-state index contributed by atoms with van der Waals surface area (Å²) in [5.74, 6) is -16.6. The van der Waals surface area contributed by atoms with Gasteiger partial charge >= 0.3 is 17.9 Å². The molecule has 458 valence electrons. The monoisotopic (exact) mass is 1170 g/mol. The van der Waals surface area contributed by atoms with Gasteiger partial charge in [-0.25, -0.2) is 0 Å². The highest BCUT2D eigenvalue weighted by Crippen LogP contribution is 2.04. The molecule has 0 saturated heterocycles. The van der Waals surface area contributed by atoms with Gasteiger partial charge in [-0.3, -0.25) is 86.7 Å². The molecule has 0 aromatic heterocycles. The number of aliphatic imine (C=N–C) groups is 2. The van der Waals surface area contributed by atoms with Gasteiger partial charge in [0.15, 0.2) is 11.9 Å². The normalized spacial score (nSPS) is 12.1. The molecule has 5 atom stereocenters. The molecule has 0 bridgehead atoms. The van der Waals surface area contributed by atoms with E-state index in [1.54, 1.807) is 0 Å². The number of nitrogens with two attached hydrogens (primary N) is 4. The van der Waals surface area contributed by atoms with Crippen LogP contribution < -0.4 is 92.1 Å². The maximum absolute atomic E-state index is 13.0. The first-order chi connectivity index (χ1) is 38.5. The summed E-state index contributed by atoms with van der Waals surface area (Å²) in [6.07, 6.45) is -1.73. The van der Waals surface area contributed by atoms with Crippen LogP contribution in [0.5, 0.6) is 0 Å². The van der Waals surface area contributed by atoms with E-state index in [9.17, 15) is 86.9 Å². The zero-order valence-electron chi connectivity index (χ0n) is 44.9. The third kappa shape index (κ3) is 37.0. The summed E-state index contributed by atoms with van der Waals surface area (Å²) in [5.41, 5.74) is 21.2. The lowest BCUT2D eigenvalue weighted by Gasteiger charge is -2.20. The molecule has 0 aliphatic heterocycles. The first-order valence-corrected chi connectivity index (χ1v) is 24.9. The van der Waals surface area contributed by atoms with Gasteiger partial charge in [0, 0.05) is 33.5 Å². The van der Waals surface area contributed by atoms with Crippen LogP contribution in [0.3, 0.4) is 0 Å². The van der Waals surface area contributed by atoms with E-state index in [-0.39, 0.29) is 76.5 Å². The number of nitrogens with one attached hydrogen (secondary N) is 13. The summed E-state index contributed by atoms with van der Waals surface area (Å²) in [6.45, 7) is -2.78. The lowest BCUT2D eigenvalue weighted by atomic mass is 10.1. The van der Waals surface area contributed by atoms with Crippen molar-refractivity contribution in [3.8, 4) is 0 Å². The van der Waals surface area contributed by atoms with E-state index in [1.807, 2.05) is 0 Å². The number of guanidine groups is 2. The van der Waals surface area contributed by atoms with Crippen molar-refractivity contribution in [1.29, 1.82) is 0 Å². The summed E-state index contributed by atoms with van der Waals surface area (Å²) in [4.78, 5) is 204. The summed E-state index contributed by atoms with van der Waals surface area (Å²) in [5, 5.41) is 56.8. The van der Waals surface area contributed by atoms with Gasteiger partial charge in [0.1, 0.15) is 36.8 Å². The summed E-state index contributed by atoms with van der Waals surface area (Å²) < 4.78 is 0. The van der Waals surface area contributed by atoms with Crippen molar-refractivity contribution < 1.29 is 92.0 Å². The van der Waals surface area contributed by atoms with Gasteiger partial charge in [-0.1, -0.05) is 0 Å². The number of hydrogen-bond donors (Lipinski definition) is 20. The molecule has 0 unspecified atom stereocenters. The summed E-state index contributed by atoms with van der Waals surface area (Å²) in [7, 11) is 0. The molecule has 0 aromatic rings. The lowest BCUT2D eigenvalue weighted by molar-refractivity contribution is -0.141. The molecular weight excluding hydrogens is 1100 g/mol. The predicted octanol–water partition coefficient (Wildman–Crippen LogP) is -11.3. The fraction of sp³-hybridized carbons (Fsp3) is 0.591. The Morgan fingerprint density at radius 3 is 0.927 bits per heavy atom. The maximum Gasteiger partial charge on any atom is 0.322 e. The van der Waals surface area contributed by atoms with Crippen molar-refractivity contribution in [1.82, 2.24) is 69.1 Å². The van der Waals surface area contributed by atoms with E-state index in [1.165, 1.54) is 0 Å². The molecule has 0 radical (unpaired) electrons. The third-order valence-corrected chi connectivity index (χ3v) is 10.3. The molecule has 24 N–H and O–H groups in total.